The lowest BCUT2D eigenvalue weighted by Gasteiger charge is -2.46. The molecule has 0 radical (unpaired) electrons. The topological polar surface area (TPSA) is 79.1 Å². The van der Waals surface area contributed by atoms with E-state index in [-0.39, 0.29) is 0 Å². The van der Waals surface area contributed by atoms with E-state index in [0.29, 0.717) is 12.0 Å². The minimum atomic E-state index is 0.535. The van der Waals surface area contributed by atoms with Crippen LogP contribution >= 0.6 is 0 Å². The minimum absolute atomic E-state index is 0.535. The Labute approximate surface area is 218 Å². The van der Waals surface area contributed by atoms with Gasteiger partial charge in [0.2, 0.25) is 5.88 Å². The van der Waals surface area contributed by atoms with Crippen molar-refractivity contribution in [3.63, 3.8) is 0 Å². The molecule has 2 aromatic heterocycles. The second-order valence-electron chi connectivity index (χ2n) is 10.4. The quantitative estimate of drug-likeness (QED) is 0.441. The number of nitrogens with zero attached hydrogens (tertiary/aromatic N) is 5. The maximum atomic E-state index is 6.18. The molecule has 2 atom stereocenters. The van der Waals surface area contributed by atoms with Crippen molar-refractivity contribution in [3.8, 4) is 5.88 Å². The molecule has 3 fully saturated rings. The van der Waals surface area contributed by atoms with Crippen molar-refractivity contribution in [1.82, 2.24) is 25.3 Å². The van der Waals surface area contributed by atoms with Gasteiger partial charge in [0.15, 0.2) is 11.4 Å². The van der Waals surface area contributed by atoms with Crippen LogP contribution in [0.5, 0.6) is 5.88 Å². The summed E-state index contributed by atoms with van der Waals surface area (Å²) in [6.45, 7) is 11.3. The van der Waals surface area contributed by atoms with Crippen LogP contribution in [0.4, 0.5) is 5.82 Å². The molecule has 198 valence electrons. The second-order valence-corrected chi connectivity index (χ2v) is 10.4. The number of benzene rings is 1. The van der Waals surface area contributed by atoms with Crippen LogP contribution in [0.1, 0.15) is 18.5 Å². The first-order valence-corrected chi connectivity index (χ1v) is 13.7. The third kappa shape index (κ3) is 6.06. The number of rotatable bonds is 9. The Morgan fingerprint density at radius 1 is 0.973 bits per heavy atom. The third-order valence-electron chi connectivity index (χ3n) is 7.93. The molecule has 9 nitrogen and oxygen atoms in total. The van der Waals surface area contributed by atoms with Crippen LogP contribution in [0.15, 0.2) is 47.0 Å². The maximum Gasteiger partial charge on any atom is 0.213 e. The first-order valence-electron chi connectivity index (χ1n) is 13.7. The molecule has 1 aromatic carbocycles. The monoisotopic (exact) mass is 506 g/mol. The van der Waals surface area contributed by atoms with Crippen molar-refractivity contribution >= 4 is 16.8 Å². The molecular weight excluding hydrogens is 468 g/mol. The van der Waals surface area contributed by atoms with E-state index < -0.39 is 0 Å². The number of aromatic nitrogens is 2. The van der Waals surface area contributed by atoms with Gasteiger partial charge in [-0.05, 0) is 31.0 Å². The Morgan fingerprint density at radius 2 is 1.89 bits per heavy atom. The number of piperazine rings is 1. The fourth-order valence-corrected chi connectivity index (χ4v) is 5.81. The lowest BCUT2D eigenvalue weighted by atomic mass is 9.91. The summed E-state index contributed by atoms with van der Waals surface area (Å²) in [5, 5.41) is 9.01. The summed E-state index contributed by atoms with van der Waals surface area (Å²) in [5.74, 6) is 2.26. The molecule has 3 aromatic rings. The van der Waals surface area contributed by atoms with E-state index in [1.807, 2.05) is 24.3 Å². The maximum absolute atomic E-state index is 6.18. The highest BCUT2D eigenvalue weighted by atomic mass is 16.5. The van der Waals surface area contributed by atoms with E-state index in [9.17, 15) is 0 Å². The normalized spacial score (nSPS) is 23.3. The van der Waals surface area contributed by atoms with Gasteiger partial charge >= 0.3 is 0 Å². The van der Waals surface area contributed by atoms with E-state index in [4.69, 9.17) is 19.0 Å². The van der Waals surface area contributed by atoms with E-state index in [0.717, 1.165) is 107 Å². The van der Waals surface area contributed by atoms with Crippen LogP contribution < -0.4 is 15.0 Å². The van der Waals surface area contributed by atoms with Gasteiger partial charge in [-0.1, -0.05) is 23.4 Å². The van der Waals surface area contributed by atoms with E-state index in [1.54, 1.807) is 0 Å². The van der Waals surface area contributed by atoms with Crippen molar-refractivity contribution in [3.05, 3.63) is 48.2 Å². The Bertz CT molecular complexity index is 1150. The molecule has 0 amide bonds. The third-order valence-corrected chi connectivity index (χ3v) is 7.93. The summed E-state index contributed by atoms with van der Waals surface area (Å²) < 4.78 is 17.1. The molecule has 37 heavy (non-hydrogen) atoms. The molecule has 3 aliphatic rings. The largest absolute Gasteiger partial charge is 0.477 e. The number of fused-ring (bicyclic) bond motifs is 2. The summed E-state index contributed by atoms with van der Waals surface area (Å²) >= 11 is 0. The zero-order chi connectivity index (χ0) is 24.9. The smallest absolute Gasteiger partial charge is 0.213 e. The average molecular weight is 507 g/mol. The van der Waals surface area contributed by atoms with Crippen molar-refractivity contribution in [2.75, 3.05) is 77.1 Å². The predicted octanol–water partition coefficient (Wildman–Crippen LogP) is 2.62. The molecular formula is C28H38N6O3. The van der Waals surface area contributed by atoms with E-state index in [1.165, 1.54) is 12.8 Å². The Hall–Kier alpha value is -2.72. The molecule has 3 saturated heterocycles. The Morgan fingerprint density at radius 3 is 2.84 bits per heavy atom. The number of hydrogen-bond acceptors (Lipinski definition) is 9. The van der Waals surface area contributed by atoms with Gasteiger partial charge in [-0.15, -0.1) is 0 Å². The zero-order valence-corrected chi connectivity index (χ0v) is 21.6. The van der Waals surface area contributed by atoms with Crippen molar-refractivity contribution < 1.29 is 14.0 Å². The van der Waals surface area contributed by atoms with Crippen molar-refractivity contribution in [1.29, 1.82) is 0 Å². The number of pyridine rings is 1. The van der Waals surface area contributed by atoms with Gasteiger partial charge < -0.3 is 24.2 Å². The Balaban J connectivity index is 0.944. The molecule has 0 saturated carbocycles. The first kappa shape index (κ1) is 24.6. The highest BCUT2D eigenvalue weighted by Gasteiger charge is 2.34. The molecule has 1 N–H and O–H groups in total. The lowest BCUT2D eigenvalue weighted by molar-refractivity contribution is 0.0384. The summed E-state index contributed by atoms with van der Waals surface area (Å²) in [4.78, 5) is 12.2. The highest BCUT2D eigenvalue weighted by molar-refractivity contribution is 5.88. The van der Waals surface area contributed by atoms with E-state index >= 15 is 0 Å². The molecule has 0 spiro atoms. The number of ether oxygens (including phenoxy) is 2. The van der Waals surface area contributed by atoms with Crippen LogP contribution in [0.2, 0.25) is 0 Å². The predicted molar refractivity (Wildman–Crippen MR) is 143 cm³/mol. The summed E-state index contributed by atoms with van der Waals surface area (Å²) in [6.07, 6.45) is 2.36. The molecule has 0 unspecified atom stereocenters. The van der Waals surface area contributed by atoms with Crippen LogP contribution in [0, 0.1) is 5.92 Å². The number of para-hydroxylation sites is 1. The fourth-order valence-electron chi connectivity index (χ4n) is 5.81. The standard InChI is InChI=1S/C28H38N6O3/c1-2-6-26-25(5-1)28(31-37-26)34-13-12-33-19-22(8-9-24(33)20-34)21-36-27-7-3-4-23(30-27)18-29-10-11-32-14-16-35-17-15-32/h1-7,22,24,29H,8-21H2/t22-,24-/m1/s1. The highest BCUT2D eigenvalue weighted by Crippen LogP contribution is 2.31. The van der Waals surface area contributed by atoms with Crippen molar-refractivity contribution in [2.45, 2.75) is 25.4 Å². The summed E-state index contributed by atoms with van der Waals surface area (Å²) in [7, 11) is 0. The van der Waals surface area contributed by atoms with Crippen LogP contribution in [0.3, 0.4) is 0 Å². The lowest BCUT2D eigenvalue weighted by Crippen LogP contribution is -2.57. The van der Waals surface area contributed by atoms with Crippen LogP contribution in [-0.4, -0.2) is 98.2 Å². The first-order chi connectivity index (χ1) is 18.3. The zero-order valence-electron chi connectivity index (χ0n) is 21.6. The molecule has 5 heterocycles. The van der Waals surface area contributed by atoms with Gasteiger partial charge in [0.05, 0.1) is 30.9 Å². The van der Waals surface area contributed by atoms with Crippen molar-refractivity contribution in [2.24, 2.45) is 5.92 Å². The number of nitrogens with one attached hydrogen (secondary N) is 1. The van der Waals surface area contributed by atoms with Gasteiger partial charge in [-0.3, -0.25) is 9.80 Å². The number of anilines is 1. The van der Waals surface area contributed by atoms with Crippen LogP contribution in [-0.2, 0) is 11.3 Å². The minimum Gasteiger partial charge on any atom is -0.477 e. The second kappa shape index (κ2) is 11.8. The number of hydrogen-bond donors (Lipinski definition) is 1. The van der Waals surface area contributed by atoms with E-state index in [2.05, 4.69) is 43.4 Å². The molecule has 0 bridgehead atoms. The van der Waals surface area contributed by atoms with Gasteiger partial charge in [-0.2, -0.15) is 0 Å². The fraction of sp³-hybridized carbons (Fsp3) is 0.571. The average Bonchev–Trinajstić information content (AvgIpc) is 3.39. The molecule has 6 rings (SSSR count). The summed E-state index contributed by atoms with van der Waals surface area (Å²) in [5.41, 5.74) is 1.89. The molecule has 9 heteroatoms. The summed E-state index contributed by atoms with van der Waals surface area (Å²) in [6, 6.07) is 14.8. The molecule has 0 aliphatic carbocycles. The van der Waals surface area contributed by atoms with Gasteiger partial charge in [-0.25, -0.2) is 4.98 Å². The molecule has 3 aliphatic heterocycles. The number of piperidine rings is 1. The SMILES string of the molecule is c1cc(CNCCN2CCOCC2)nc(OC[C@@H]2CC[C@@H]3CN(c4noc5ccccc45)CCN3C2)c1. The Kier molecular flexibility index (Phi) is 7.83. The van der Waals surface area contributed by atoms with Gasteiger partial charge in [0.1, 0.15) is 0 Å². The van der Waals surface area contributed by atoms with Gasteiger partial charge in [0, 0.05) is 76.9 Å². The van der Waals surface area contributed by atoms with Crippen LogP contribution in [0.25, 0.3) is 11.0 Å². The van der Waals surface area contributed by atoms with Gasteiger partial charge in [0.25, 0.3) is 0 Å². The number of morpholine rings is 1.